The summed E-state index contributed by atoms with van der Waals surface area (Å²) in [6.45, 7) is 0.663. The molecule has 21 heavy (non-hydrogen) atoms. The summed E-state index contributed by atoms with van der Waals surface area (Å²) in [5.41, 5.74) is 6.74. The van der Waals surface area contributed by atoms with Gasteiger partial charge in [-0.25, -0.2) is 9.97 Å². The highest BCUT2D eigenvalue weighted by molar-refractivity contribution is 5.85. The van der Waals surface area contributed by atoms with Gasteiger partial charge in [-0.3, -0.25) is 0 Å². The monoisotopic (exact) mass is 327 g/mol. The van der Waals surface area contributed by atoms with Crippen LogP contribution in [0, 0.1) is 0 Å². The van der Waals surface area contributed by atoms with Gasteiger partial charge in [-0.05, 0) is 43.5 Å². The molecule has 0 amide bonds. The van der Waals surface area contributed by atoms with E-state index in [4.69, 9.17) is 10.5 Å². The van der Waals surface area contributed by atoms with Crippen molar-refractivity contribution < 1.29 is 4.74 Å². The lowest BCUT2D eigenvalue weighted by molar-refractivity contribution is 0.476. The fourth-order valence-electron chi connectivity index (χ4n) is 1.96. The molecule has 0 saturated heterocycles. The van der Waals surface area contributed by atoms with E-state index in [-0.39, 0.29) is 24.8 Å². The largest absolute Gasteiger partial charge is 0.454 e. The Morgan fingerprint density at radius 2 is 1.62 bits per heavy atom. The number of aromatic nitrogens is 2. The standard InChI is InChI=1S/C15H17N3O.2ClH/c16-8-7-11-1-5-13(6-2-11)19-14-9-17-15(18-10-14)12-3-4-12;;/h1-2,5-6,9-10,12H,3-4,7-8,16H2;2*1H. The first-order valence-corrected chi connectivity index (χ1v) is 6.64. The van der Waals surface area contributed by atoms with Crippen LogP contribution in [0.1, 0.15) is 30.1 Å². The van der Waals surface area contributed by atoms with E-state index < -0.39 is 0 Å². The molecule has 1 saturated carbocycles. The van der Waals surface area contributed by atoms with Gasteiger partial charge in [0.15, 0.2) is 5.75 Å². The lowest BCUT2D eigenvalue weighted by atomic mass is 10.1. The van der Waals surface area contributed by atoms with Crippen molar-refractivity contribution >= 4 is 24.8 Å². The van der Waals surface area contributed by atoms with Gasteiger partial charge < -0.3 is 10.5 Å². The summed E-state index contributed by atoms with van der Waals surface area (Å²) in [5, 5.41) is 0. The van der Waals surface area contributed by atoms with Crippen molar-refractivity contribution in [3.8, 4) is 11.5 Å². The molecule has 1 heterocycles. The van der Waals surface area contributed by atoms with Crippen LogP contribution in [0.5, 0.6) is 11.5 Å². The van der Waals surface area contributed by atoms with Gasteiger partial charge in [-0.1, -0.05) is 12.1 Å². The number of benzene rings is 1. The molecule has 0 radical (unpaired) electrons. The zero-order valence-corrected chi connectivity index (χ0v) is 13.2. The van der Waals surface area contributed by atoms with Crippen LogP contribution in [-0.4, -0.2) is 16.5 Å². The minimum absolute atomic E-state index is 0. The van der Waals surface area contributed by atoms with Gasteiger partial charge in [0.25, 0.3) is 0 Å². The maximum absolute atomic E-state index is 5.71. The molecule has 4 nitrogen and oxygen atoms in total. The topological polar surface area (TPSA) is 61.0 Å². The Morgan fingerprint density at radius 3 is 2.14 bits per heavy atom. The second kappa shape index (κ2) is 8.17. The Morgan fingerprint density at radius 1 is 1.00 bits per heavy atom. The van der Waals surface area contributed by atoms with Crippen molar-refractivity contribution in [1.29, 1.82) is 0 Å². The molecule has 1 aliphatic carbocycles. The highest BCUT2D eigenvalue weighted by Gasteiger charge is 2.26. The second-order valence-electron chi connectivity index (χ2n) is 4.84. The van der Waals surface area contributed by atoms with E-state index in [1.54, 1.807) is 12.4 Å². The normalized spacial score (nSPS) is 13.0. The lowest BCUT2D eigenvalue weighted by Gasteiger charge is -2.06. The number of hydrogen-bond acceptors (Lipinski definition) is 4. The zero-order valence-electron chi connectivity index (χ0n) is 11.6. The van der Waals surface area contributed by atoms with E-state index in [1.165, 1.54) is 18.4 Å². The molecule has 1 aliphatic rings. The van der Waals surface area contributed by atoms with Gasteiger partial charge >= 0.3 is 0 Å². The molecule has 3 rings (SSSR count). The summed E-state index contributed by atoms with van der Waals surface area (Å²) in [7, 11) is 0. The molecule has 6 heteroatoms. The Labute approximate surface area is 137 Å². The van der Waals surface area contributed by atoms with Crippen molar-refractivity contribution in [3.05, 3.63) is 48.0 Å². The fourth-order valence-corrected chi connectivity index (χ4v) is 1.96. The number of nitrogens with two attached hydrogens (primary N) is 1. The molecule has 0 unspecified atom stereocenters. The van der Waals surface area contributed by atoms with E-state index in [9.17, 15) is 0 Å². The predicted octanol–water partition coefficient (Wildman–Crippen LogP) is 3.49. The summed E-state index contributed by atoms with van der Waals surface area (Å²) in [6.07, 6.45) is 6.80. The first-order valence-electron chi connectivity index (χ1n) is 6.64. The molecule has 0 spiro atoms. The Hall–Kier alpha value is -1.36. The number of hydrogen-bond donors (Lipinski definition) is 1. The average Bonchev–Trinajstić information content (AvgIpc) is 3.27. The molecule has 114 valence electrons. The molecule has 2 N–H and O–H groups in total. The van der Waals surface area contributed by atoms with Gasteiger partial charge in [0.1, 0.15) is 11.6 Å². The molecular formula is C15H19Cl2N3O. The molecular weight excluding hydrogens is 309 g/mol. The van der Waals surface area contributed by atoms with Gasteiger partial charge in [0, 0.05) is 5.92 Å². The first-order chi connectivity index (χ1) is 9.35. The minimum atomic E-state index is 0. The van der Waals surface area contributed by atoms with E-state index in [0.29, 0.717) is 18.2 Å². The van der Waals surface area contributed by atoms with Crippen LogP contribution >= 0.6 is 24.8 Å². The molecule has 0 bridgehead atoms. The van der Waals surface area contributed by atoms with Crippen molar-refractivity contribution in [2.75, 3.05) is 6.54 Å². The first kappa shape index (κ1) is 17.7. The second-order valence-corrected chi connectivity index (χ2v) is 4.84. The Bertz CT molecular complexity index is 542. The number of nitrogens with zero attached hydrogens (tertiary/aromatic N) is 2. The smallest absolute Gasteiger partial charge is 0.164 e. The lowest BCUT2D eigenvalue weighted by Crippen LogP contribution is -2.02. The average molecular weight is 328 g/mol. The molecule has 2 aromatic rings. The van der Waals surface area contributed by atoms with E-state index in [1.807, 2.05) is 24.3 Å². The van der Waals surface area contributed by atoms with Crippen molar-refractivity contribution in [2.24, 2.45) is 5.73 Å². The van der Waals surface area contributed by atoms with E-state index >= 15 is 0 Å². The SMILES string of the molecule is Cl.Cl.NCCc1ccc(Oc2cnc(C3CC3)nc2)cc1. The van der Waals surface area contributed by atoms with Crippen molar-refractivity contribution in [3.63, 3.8) is 0 Å². The van der Waals surface area contributed by atoms with Crippen LogP contribution in [0.2, 0.25) is 0 Å². The summed E-state index contributed by atoms with van der Waals surface area (Å²) in [4.78, 5) is 8.66. The third-order valence-electron chi connectivity index (χ3n) is 3.18. The Kier molecular flexibility index (Phi) is 6.89. The van der Waals surface area contributed by atoms with Gasteiger partial charge in [-0.2, -0.15) is 0 Å². The van der Waals surface area contributed by atoms with Crippen LogP contribution in [-0.2, 0) is 6.42 Å². The van der Waals surface area contributed by atoms with Gasteiger partial charge in [-0.15, -0.1) is 24.8 Å². The summed E-state index contributed by atoms with van der Waals surface area (Å²) in [6, 6.07) is 7.95. The predicted molar refractivity (Wildman–Crippen MR) is 87.8 cm³/mol. The van der Waals surface area contributed by atoms with Crippen LogP contribution in [0.4, 0.5) is 0 Å². The Balaban J connectivity index is 0.00000110. The van der Waals surface area contributed by atoms with E-state index in [0.717, 1.165) is 18.0 Å². The van der Waals surface area contributed by atoms with E-state index in [2.05, 4.69) is 9.97 Å². The summed E-state index contributed by atoms with van der Waals surface area (Å²) >= 11 is 0. The van der Waals surface area contributed by atoms with Crippen molar-refractivity contribution in [2.45, 2.75) is 25.2 Å². The highest BCUT2D eigenvalue weighted by Crippen LogP contribution is 2.38. The highest BCUT2D eigenvalue weighted by atomic mass is 35.5. The zero-order chi connectivity index (χ0) is 13.1. The maximum Gasteiger partial charge on any atom is 0.164 e. The molecule has 1 fully saturated rings. The van der Waals surface area contributed by atoms with Crippen LogP contribution < -0.4 is 10.5 Å². The third kappa shape index (κ3) is 4.84. The fraction of sp³-hybridized carbons (Fsp3) is 0.333. The number of halogens is 2. The van der Waals surface area contributed by atoms with Gasteiger partial charge in [0.2, 0.25) is 0 Å². The molecule has 0 aliphatic heterocycles. The quantitative estimate of drug-likeness (QED) is 0.913. The maximum atomic E-state index is 5.71. The summed E-state index contributed by atoms with van der Waals surface area (Å²) < 4.78 is 5.71. The van der Waals surface area contributed by atoms with Gasteiger partial charge in [0.05, 0.1) is 12.4 Å². The molecule has 0 atom stereocenters. The molecule has 1 aromatic carbocycles. The van der Waals surface area contributed by atoms with Crippen molar-refractivity contribution in [1.82, 2.24) is 9.97 Å². The van der Waals surface area contributed by atoms with Crippen LogP contribution in [0.15, 0.2) is 36.7 Å². The number of rotatable bonds is 5. The van der Waals surface area contributed by atoms with Crippen LogP contribution in [0.3, 0.4) is 0 Å². The summed E-state index contributed by atoms with van der Waals surface area (Å²) in [5.74, 6) is 2.98. The molecule has 1 aromatic heterocycles. The van der Waals surface area contributed by atoms with Crippen LogP contribution in [0.25, 0.3) is 0 Å². The number of ether oxygens (including phenoxy) is 1. The minimum Gasteiger partial charge on any atom is -0.454 e. The third-order valence-corrected chi connectivity index (χ3v) is 3.18.